The van der Waals surface area contributed by atoms with Crippen LogP contribution in [0.2, 0.25) is 0 Å². The third-order valence-electron chi connectivity index (χ3n) is 5.77. The number of hydrogen-bond donors (Lipinski definition) is 1. The van der Waals surface area contributed by atoms with Gasteiger partial charge in [0.1, 0.15) is 4.99 Å². The highest BCUT2D eigenvalue weighted by atomic mass is 79.9. The predicted molar refractivity (Wildman–Crippen MR) is 100 cm³/mol. The van der Waals surface area contributed by atoms with Gasteiger partial charge in [-0.1, -0.05) is 34.2 Å². The molecule has 3 nitrogen and oxygen atoms in total. The largest absolute Gasteiger partial charge is 0.381 e. The maximum Gasteiger partial charge on any atom is 0.162 e. The Hall–Kier alpha value is -0.780. The molecule has 122 valence electrons. The highest BCUT2D eigenvalue weighted by Gasteiger charge is 2.61. The molecular formula is C18H21BrN2OS. The van der Waals surface area contributed by atoms with E-state index in [1.807, 2.05) is 6.92 Å². The smallest absolute Gasteiger partial charge is 0.162 e. The van der Waals surface area contributed by atoms with E-state index in [1.54, 1.807) is 0 Å². The summed E-state index contributed by atoms with van der Waals surface area (Å²) < 4.78 is 28.4. The normalized spacial score (nSPS) is 38.0. The molecule has 3 aliphatic rings. The lowest BCUT2D eigenvalue weighted by Crippen LogP contribution is -2.52. The standard InChI is InChI=1S/C18H21BrN2OS/c1-11-16(23)21-18(20-11)15-9-13(19)4-3-12(15)10-17(18)7-5-14(22-2)6-8-17/h3-4,9,14H,5-8,10H2,1-2H3,(H,21,23)/t14-,17-,18?/i2D3. The van der Waals surface area contributed by atoms with E-state index in [9.17, 15) is 0 Å². The van der Waals surface area contributed by atoms with Crippen molar-refractivity contribution in [1.29, 1.82) is 0 Å². The average Bonchev–Trinajstić information content (AvgIpc) is 2.98. The van der Waals surface area contributed by atoms with Gasteiger partial charge in [-0.25, -0.2) is 0 Å². The van der Waals surface area contributed by atoms with Crippen molar-refractivity contribution in [3.63, 3.8) is 0 Å². The number of fused-ring (bicyclic) bond motifs is 3. The number of hydrogen-bond acceptors (Lipinski definition) is 3. The Bertz CT molecular complexity index is 802. The number of nitrogens with one attached hydrogen (secondary N) is 1. The fraction of sp³-hybridized carbons (Fsp3) is 0.556. The van der Waals surface area contributed by atoms with Gasteiger partial charge in [0, 0.05) is 22.5 Å². The number of ether oxygens (including phenoxy) is 1. The number of thiocarbonyl (C=S) groups is 1. The molecule has 1 saturated carbocycles. The van der Waals surface area contributed by atoms with Crippen molar-refractivity contribution >= 4 is 38.8 Å². The minimum atomic E-state index is -2.34. The highest BCUT2D eigenvalue weighted by molar-refractivity contribution is 9.10. The van der Waals surface area contributed by atoms with Crippen LogP contribution in [0.15, 0.2) is 27.7 Å². The summed E-state index contributed by atoms with van der Waals surface area (Å²) >= 11 is 9.10. The van der Waals surface area contributed by atoms with E-state index in [4.69, 9.17) is 26.1 Å². The summed E-state index contributed by atoms with van der Waals surface area (Å²) in [6.45, 7) is 1.96. The number of nitrogens with zero attached hydrogens (tertiary/aromatic N) is 1. The van der Waals surface area contributed by atoms with E-state index < -0.39 is 12.7 Å². The molecule has 0 radical (unpaired) electrons. The predicted octanol–water partition coefficient (Wildman–Crippen LogP) is 4.12. The minimum absolute atomic E-state index is 0.105. The molecule has 1 N–H and O–H groups in total. The summed E-state index contributed by atoms with van der Waals surface area (Å²) in [7, 11) is -2.34. The lowest BCUT2D eigenvalue weighted by molar-refractivity contribution is -0.00614. The van der Waals surface area contributed by atoms with Crippen LogP contribution in [0.25, 0.3) is 0 Å². The van der Waals surface area contributed by atoms with Crippen LogP contribution in [0.1, 0.15) is 47.8 Å². The maximum atomic E-state index is 7.37. The SMILES string of the molecule is [2H]C([2H])([2H])O[C@H]1CC[C@]2(CC1)Cc1ccc(Br)cc1C21N=C(C)C(=S)N1. The molecule has 1 unspecified atom stereocenters. The van der Waals surface area contributed by atoms with Gasteiger partial charge in [0.2, 0.25) is 0 Å². The summed E-state index contributed by atoms with van der Waals surface area (Å²) in [5.74, 6) is 0. The molecule has 0 saturated heterocycles. The molecule has 1 aliphatic heterocycles. The van der Waals surface area contributed by atoms with Gasteiger partial charge in [-0.3, -0.25) is 4.99 Å². The van der Waals surface area contributed by atoms with E-state index in [0.717, 1.165) is 42.3 Å². The topological polar surface area (TPSA) is 33.6 Å². The second-order valence-corrected chi connectivity index (χ2v) is 8.26. The molecular weight excluding hydrogens is 372 g/mol. The van der Waals surface area contributed by atoms with Gasteiger partial charge in [0.25, 0.3) is 0 Å². The quantitative estimate of drug-likeness (QED) is 0.725. The van der Waals surface area contributed by atoms with Crippen LogP contribution in [0.4, 0.5) is 0 Å². The van der Waals surface area contributed by atoms with Gasteiger partial charge in [0.15, 0.2) is 5.66 Å². The van der Waals surface area contributed by atoms with Crippen molar-refractivity contribution in [2.45, 2.75) is 50.8 Å². The average molecular weight is 396 g/mol. The molecule has 0 aromatic heterocycles. The van der Waals surface area contributed by atoms with E-state index >= 15 is 0 Å². The molecule has 0 bridgehead atoms. The lowest BCUT2D eigenvalue weighted by atomic mass is 9.65. The molecule has 1 heterocycles. The molecule has 1 aromatic carbocycles. The van der Waals surface area contributed by atoms with Crippen molar-refractivity contribution in [1.82, 2.24) is 5.32 Å². The van der Waals surface area contributed by atoms with Crippen LogP contribution in [0, 0.1) is 5.41 Å². The molecule has 1 atom stereocenters. The van der Waals surface area contributed by atoms with Crippen LogP contribution in [-0.4, -0.2) is 23.8 Å². The van der Waals surface area contributed by atoms with Crippen LogP contribution >= 0.6 is 28.1 Å². The van der Waals surface area contributed by atoms with E-state index in [2.05, 4.69) is 39.4 Å². The zero-order chi connectivity index (χ0) is 18.7. The van der Waals surface area contributed by atoms with Gasteiger partial charge in [-0.15, -0.1) is 0 Å². The Balaban J connectivity index is 1.70. The summed E-state index contributed by atoms with van der Waals surface area (Å²) in [6.07, 6.45) is 3.84. The zero-order valence-corrected chi connectivity index (χ0v) is 15.4. The van der Waals surface area contributed by atoms with Crippen LogP contribution in [0.5, 0.6) is 0 Å². The molecule has 1 fully saturated rings. The van der Waals surface area contributed by atoms with E-state index in [0.29, 0.717) is 4.99 Å². The van der Waals surface area contributed by atoms with Gasteiger partial charge in [0.05, 0.1) is 15.9 Å². The maximum absolute atomic E-state index is 7.37. The van der Waals surface area contributed by atoms with E-state index in [-0.39, 0.29) is 11.5 Å². The van der Waals surface area contributed by atoms with Gasteiger partial charge >= 0.3 is 0 Å². The van der Waals surface area contributed by atoms with Crippen molar-refractivity contribution in [3.8, 4) is 0 Å². The number of rotatable bonds is 1. The second-order valence-electron chi connectivity index (χ2n) is 6.94. The summed E-state index contributed by atoms with van der Waals surface area (Å²) in [5, 5.41) is 3.54. The summed E-state index contributed by atoms with van der Waals surface area (Å²) in [4.78, 5) is 5.76. The zero-order valence-electron chi connectivity index (χ0n) is 16.0. The lowest BCUT2D eigenvalue weighted by Gasteiger charge is -2.46. The van der Waals surface area contributed by atoms with Crippen LogP contribution < -0.4 is 5.32 Å². The second kappa shape index (κ2) is 5.36. The van der Waals surface area contributed by atoms with Crippen molar-refractivity contribution in [2.75, 3.05) is 7.04 Å². The fourth-order valence-electron chi connectivity index (χ4n) is 4.58. The number of methoxy groups -OCH3 is 1. The number of aliphatic imine (C=N–C) groups is 1. The first-order valence-corrected chi connectivity index (χ1v) is 9.20. The van der Waals surface area contributed by atoms with Crippen LogP contribution in [0.3, 0.4) is 0 Å². The molecule has 5 heteroatoms. The molecule has 23 heavy (non-hydrogen) atoms. The van der Waals surface area contributed by atoms with Crippen molar-refractivity contribution in [3.05, 3.63) is 33.8 Å². The molecule has 2 spiro atoms. The fourth-order valence-corrected chi connectivity index (χ4v) is 5.14. The summed E-state index contributed by atoms with van der Waals surface area (Å²) in [5.41, 5.74) is 2.69. The molecule has 1 aromatic rings. The number of benzene rings is 1. The van der Waals surface area contributed by atoms with Gasteiger partial charge in [-0.2, -0.15) is 0 Å². The first-order valence-electron chi connectivity index (χ1n) is 9.50. The van der Waals surface area contributed by atoms with Gasteiger partial charge in [-0.05, 0) is 56.7 Å². The molecule has 2 aliphatic carbocycles. The third-order valence-corrected chi connectivity index (χ3v) is 6.66. The van der Waals surface area contributed by atoms with E-state index in [1.165, 1.54) is 11.1 Å². The Labute approximate surface area is 155 Å². The minimum Gasteiger partial charge on any atom is -0.381 e. The first-order chi connectivity index (χ1) is 12.1. The first kappa shape index (κ1) is 12.6. The number of halogens is 1. The molecule has 4 rings (SSSR count). The Kier molecular flexibility index (Phi) is 2.93. The van der Waals surface area contributed by atoms with Crippen LogP contribution in [-0.2, 0) is 16.8 Å². The highest BCUT2D eigenvalue weighted by Crippen LogP contribution is 2.59. The van der Waals surface area contributed by atoms with Gasteiger partial charge < -0.3 is 10.1 Å². The molecule has 0 amide bonds. The van der Waals surface area contributed by atoms with Crippen molar-refractivity contribution < 1.29 is 8.85 Å². The monoisotopic (exact) mass is 395 g/mol. The Morgan fingerprint density at radius 3 is 2.87 bits per heavy atom. The third kappa shape index (κ3) is 2.16. The Morgan fingerprint density at radius 1 is 1.43 bits per heavy atom. The Morgan fingerprint density at radius 2 is 2.22 bits per heavy atom. The summed E-state index contributed by atoms with van der Waals surface area (Å²) in [6, 6.07) is 6.38. The van der Waals surface area contributed by atoms with Crippen molar-refractivity contribution in [2.24, 2.45) is 10.4 Å².